The lowest BCUT2D eigenvalue weighted by atomic mass is 9.83. The topological polar surface area (TPSA) is 206 Å². The number of ketones is 1. The fraction of sp³-hybridized carbons (Fsp3) is 0.519. The number of rotatable bonds is 20. The minimum Gasteiger partial charge on any atom is -0.491 e. The second kappa shape index (κ2) is 21.5. The first kappa shape index (κ1) is 51.1. The van der Waals surface area contributed by atoms with Crippen LogP contribution in [0.4, 0.5) is 14.5 Å². The lowest BCUT2D eigenvalue weighted by molar-refractivity contribution is -0.140. The van der Waals surface area contributed by atoms with Crippen LogP contribution < -0.4 is 20.7 Å². The first-order chi connectivity index (χ1) is 35.7. The first-order valence-corrected chi connectivity index (χ1v) is 26.8. The second-order valence-electron chi connectivity index (χ2n) is 20.8. The van der Waals surface area contributed by atoms with Crippen molar-refractivity contribution in [3.05, 3.63) is 111 Å². The number of likely N-dealkylation sites (tertiary alicyclic amines) is 2. The van der Waals surface area contributed by atoms with Gasteiger partial charge in [-0.1, -0.05) is 68.7 Å². The van der Waals surface area contributed by atoms with E-state index < -0.39 is 35.2 Å². The van der Waals surface area contributed by atoms with Crippen LogP contribution in [0.1, 0.15) is 126 Å². The van der Waals surface area contributed by atoms with Crippen LogP contribution in [0.15, 0.2) is 72.4 Å². The Hall–Kier alpha value is -6.38. The van der Waals surface area contributed by atoms with Crippen molar-refractivity contribution in [1.82, 2.24) is 45.4 Å². The monoisotopic (exact) mass is 1030 g/mol. The number of hydrogen-bond acceptors (Lipinski definition) is 12. The van der Waals surface area contributed by atoms with Crippen molar-refractivity contribution in [3.63, 3.8) is 0 Å². The summed E-state index contributed by atoms with van der Waals surface area (Å²) in [4.78, 5) is 76.0. The zero-order chi connectivity index (χ0) is 51.7. The van der Waals surface area contributed by atoms with E-state index in [4.69, 9.17) is 14.5 Å². The van der Waals surface area contributed by atoms with Gasteiger partial charge in [0, 0.05) is 71.7 Å². The number of ether oxygens (including phenoxy) is 2. The number of halogens is 2. The number of fused-ring (bicyclic) bond motifs is 2. The Morgan fingerprint density at radius 2 is 1.76 bits per heavy atom. The molecule has 6 atom stereocenters. The van der Waals surface area contributed by atoms with Gasteiger partial charge in [-0.25, -0.2) is 13.8 Å². The number of thiazole rings is 1. The van der Waals surface area contributed by atoms with Gasteiger partial charge in [-0.05, 0) is 69.7 Å². The summed E-state index contributed by atoms with van der Waals surface area (Å²) in [7, 11) is 1.73. The average molecular weight is 1040 g/mol. The minimum atomic E-state index is -2.77. The molecule has 3 aromatic heterocycles. The van der Waals surface area contributed by atoms with Gasteiger partial charge in [0.15, 0.2) is 5.69 Å². The van der Waals surface area contributed by atoms with Gasteiger partial charge < -0.3 is 35.2 Å². The molecule has 17 nitrogen and oxygen atoms in total. The third-order valence-corrected chi connectivity index (χ3v) is 17.1. The molecule has 5 aliphatic rings. The molecular weight excluding hydrogens is 971 g/mol. The number of likely N-dealkylation sites (N-methyl/N-ethyl adjacent to an activating group) is 1. The summed E-state index contributed by atoms with van der Waals surface area (Å²) in [5.74, 6) is -4.01. The van der Waals surface area contributed by atoms with Gasteiger partial charge in [-0.3, -0.25) is 33.8 Å². The van der Waals surface area contributed by atoms with Crippen molar-refractivity contribution >= 4 is 46.4 Å². The smallest absolute Gasteiger partial charge is 0.276 e. The molecule has 2 aliphatic heterocycles. The van der Waals surface area contributed by atoms with Crippen molar-refractivity contribution in [2.24, 2.45) is 23.2 Å². The quantitative estimate of drug-likeness (QED) is 0.0472. The number of anilines is 1. The maximum absolute atomic E-state index is 14.5. The molecule has 4 amide bonds. The Bertz CT molecular complexity index is 2860. The normalized spacial score (nSPS) is 22.4. The van der Waals surface area contributed by atoms with E-state index in [-0.39, 0.29) is 92.2 Å². The summed E-state index contributed by atoms with van der Waals surface area (Å²) in [6.07, 6.45) is 10.3. The molecule has 74 heavy (non-hydrogen) atoms. The predicted molar refractivity (Wildman–Crippen MR) is 271 cm³/mol. The number of benzene rings is 2. The highest BCUT2D eigenvalue weighted by Gasteiger charge is 2.78. The van der Waals surface area contributed by atoms with E-state index >= 15 is 0 Å². The SMILES string of the molecule is CN[C@@H](C)C(=O)N[C@H](C(=O)N1CCC[C@H]1c1nc(C(=O)c2cccc(OCCOCCC(=O)N3CC([C@@H](c4ccccc4)n4cc(NC(=O)c5n[nH]c6c5CC5C(F)(F)C5(C)C6)cn4)C3)c2)cs1)C1CCCCC1. The van der Waals surface area contributed by atoms with E-state index in [0.717, 1.165) is 50.5 Å². The van der Waals surface area contributed by atoms with E-state index in [2.05, 4.69) is 31.2 Å². The van der Waals surface area contributed by atoms with Crippen LogP contribution in [0, 0.1) is 23.2 Å². The lowest BCUT2D eigenvalue weighted by Crippen LogP contribution is -2.55. The molecular formula is C54H64F2N10O7S. The van der Waals surface area contributed by atoms with Crippen LogP contribution in [0.25, 0.3) is 0 Å². The summed E-state index contributed by atoms with van der Waals surface area (Å²) >= 11 is 1.37. The van der Waals surface area contributed by atoms with Crippen LogP contribution in [-0.2, 0) is 32.0 Å². The van der Waals surface area contributed by atoms with Crippen molar-refractivity contribution in [1.29, 1.82) is 0 Å². The van der Waals surface area contributed by atoms with E-state index in [1.165, 1.54) is 11.3 Å². The number of amides is 4. The molecule has 0 bridgehead atoms. The number of carbonyl (C=O) groups is 5. The largest absolute Gasteiger partial charge is 0.491 e. The first-order valence-electron chi connectivity index (χ1n) is 25.9. The van der Waals surface area contributed by atoms with Gasteiger partial charge in [0.05, 0.1) is 49.6 Å². The Morgan fingerprint density at radius 1 is 0.959 bits per heavy atom. The third-order valence-electron chi connectivity index (χ3n) is 16.1. The van der Waals surface area contributed by atoms with Crippen LogP contribution in [0.5, 0.6) is 5.75 Å². The summed E-state index contributed by atoms with van der Waals surface area (Å²) in [5, 5.41) is 23.0. The minimum absolute atomic E-state index is 0.0374. The Balaban J connectivity index is 0.673. The maximum Gasteiger partial charge on any atom is 0.276 e. The molecule has 10 rings (SSSR count). The number of alkyl halides is 2. The van der Waals surface area contributed by atoms with Crippen molar-refractivity contribution in [2.75, 3.05) is 51.8 Å². The van der Waals surface area contributed by atoms with Crippen molar-refractivity contribution in [2.45, 2.75) is 108 Å². The highest BCUT2D eigenvalue weighted by molar-refractivity contribution is 7.10. The summed E-state index contributed by atoms with van der Waals surface area (Å²) in [5.41, 5.74) is 2.30. The van der Waals surface area contributed by atoms with E-state index in [0.29, 0.717) is 58.6 Å². The summed E-state index contributed by atoms with van der Waals surface area (Å²) in [6.45, 7) is 5.57. The fourth-order valence-corrected chi connectivity index (χ4v) is 12.5. The Kier molecular flexibility index (Phi) is 14.8. The van der Waals surface area contributed by atoms with Crippen LogP contribution in [-0.4, -0.2) is 129 Å². The molecule has 2 aromatic carbocycles. The maximum atomic E-state index is 14.5. The standard InChI is InChI=1S/C54H64F2N10O7S/c1-32(57-3)49(69)61-45(33-12-6-4-7-13-33)52(71)65-20-11-18-42(65)51-60-41(31-74-51)48(68)35-16-10-17-38(24-35)73-23-22-72-21-19-44(67)64-28-36(29-64)47(34-14-8-5-9-15-34)66-30-37(27-58-66)59-50(70)46-39-25-43-53(2,54(43,55)56)26-40(39)62-63-46/h5,8-10,14-17,24,27,30-33,36,42-43,45,47,57H,4,6-7,11-13,18-23,25-26,28-29H2,1-3H3,(H,59,70)(H,61,69)(H,62,63)/t32-,42-,43?,45-,47+,53?/m0/s1. The highest BCUT2D eigenvalue weighted by Crippen LogP contribution is 2.70. The van der Waals surface area contributed by atoms with E-state index in [1.54, 1.807) is 72.5 Å². The van der Waals surface area contributed by atoms with Crippen molar-refractivity contribution < 1.29 is 42.2 Å². The van der Waals surface area contributed by atoms with Crippen LogP contribution >= 0.6 is 11.3 Å². The summed E-state index contributed by atoms with van der Waals surface area (Å²) in [6, 6.07) is 15.2. The van der Waals surface area contributed by atoms with Crippen LogP contribution in [0.2, 0.25) is 0 Å². The fourth-order valence-electron chi connectivity index (χ4n) is 11.5. The van der Waals surface area contributed by atoms with Gasteiger partial charge >= 0.3 is 0 Å². The van der Waals surface area contributed by atoms with Gasteiger partial charge in [0.1, 0.15) is 29.1 Å². The number of carbonyl (C=O) groups excluding carboxylic acids is 5. The van der Waals surface area contributed by atoms with Gasteiger partial charge in [-0.2, -0.15) is 10.2 Å². The number of aromatic amines is 1. The Labute approximate surface area is 432 Å². The predicted octanol–water partition coefficient (Wildman–Crippen LogP) is 6.79. The average Bonchev–Trinajstić information content (AvgIpc) is 4.18. The number of nitrogens with one attached hydrogen (secondary N) is 4. The molecule has 3 aliphatic carbocycles. The molecule has 0 spiro atoms. The molecule has 2 saturated heterocycles. The zero-order valence-corrected chi connectivity index (χ0v) is 42.8. The van der Waals surface area contributed by atoms with E-state index in [1.807, 2.05) is 35.2 Å². The zero-order valence-electron chi connectivity index (χ0n) is 42.0. The molecule has 4 fully saturated rings. The van der Waals surface area contributed by atoms with E-state index in [9.17, 15) is 32.8 Å². The highest BCUT2D eigenvalue weighted by atomic mass is 32.1. The molecule has 4 N–H and O–H groups in total. The molecule has 5 heterocycles. The molecule has 5 aromatic rings. The Morgan fingerprint density at radius 3 is 2.54 bits per heavy atom. The number of nitrogens with zero attached hydrogens (tertiary/aromatic N) is 6. The molecule has 20 heteroatoms. The molecule has 0 radical (unpaired) electrons. The summed E-state index contributed by atoms with van der Waals surface area (Å²) < 4.78 is 42.6. The third kappa shape index (κ3) is 10.2. The number of aromatic nitrogens is 5. The molecule has 392 valence electrons. The second-order valence-corrected chi connectivity index (χ2v) is 21.7. The lowest BCUT2D eigenvalue weighted by Gasteiger charge is -2.43. The van der Waals surface area contributed by atoms with Crippen molar-refractivity contribution in [3.8, 4) is 5.75 Å². The van der Waals surface area contributed by atoms with Gasteiger partial charge in [-0.15, -0.1) is 11.3 Å². The van der Waals surface area contributed by atoms with Crippen LogP contribution in [0.3, 0.4) is 0 Å². The van der Waals surface area contributed by atoms with Gasteiger partial charge in [0.2, 0.25) is 23.5 Å². The van der Waals surface area contributed by atoms with Gasteiger partial charge in [0.25, 0.3) is 11.8 Å². The molecule has 2 saturated carbocycles. The number of hydrogen-bond donors (Lipinski definition) is 4. The molecule has 2 unspecified atom stereocenters. The number of H-pyrrole nitrogens is 1.